The van der Waals surface area contributed by atoms with Crippen LogP contribution in [0.25, 0.3) is 11.0 Å². The predicted molar refractivity (Wildman–Crippen MR) is 121 cm³/mol. The van der Waals surface area contributed by atoms with E-state index in [1.165, 1.54) is 18.6 Å². The second-order valence-corrected chi connectivity index (χ2v) is 8.67. The molecule has 1 aliphatic rings. The summed E-state index contributed by atoms with van der Waals surface area (Å²) in [5.41, 5.74) is 0.181. The van der Waals surface area contributed by atoms with Crippen LogP contribution in [0.1, 0.15) is 48.5 Å². The van der Waals surface area contributed by atoms with Crippen LogP contribution in [0.5, 0.6) is 0 Å². The van der Waals surface area contributed by atoms with Gasteiger partial charge in [0.2, 0.25) is 5.43 Å². The van der Waals surface area contributed by atoms with E-state index in [0.717, 1.165) is 25.7 Å². The first kappa shape index (κ1) is 22.2. The van der Waals surface area contributed by atoms with Gasteiger partial charge >= 0.3 is 5.97 Å². The van der Waals surface area contributed by atoms with E-state index in [2.05, 4.69) is 15.3 Å². The molecule has 8 nitrogen and oxygen atoms in total. The zero-order valence-electron chi connectivity index (χ0n) is 16.9. The van der Waals surface area contributed by atoms with Gasteiger partial charge in [-0.05, 0) is 43.7 Å². The highest BCUT2D eigenvalue weighted by Crippen LogP contribution is 2.35. The minimum Gasteiger partial charge on any atom is -0.481 e. The van der Waals surface area contributed by atoms with Crippen molar-refractivity contribution in [3.05, 3.63) is 62.8 Å². The second kappa shape index (κ2) is 9.26. The number of pyridine rings is 3. The molecule has 0 unspecified atom stereocenters. The third kappa shape index (κ3) is 4.47. The normalized spacial score (nSPS) is 18.4. The minimum absolute atomic E-state index is 0.00213. The number of anilines is 1. The van der Waals surface area contributed by atoms with E-state index in [0.29, 0.717) is 11.0 Å². The summed E-state index contributed by atoms with van der Waals surface area (Å²) in [5, 5.41) is 12.3. The SMILES string of the molecule is O=C(O)C[C@H]1CC[C@@H](n2cc(C(=O)Nc3c(Cl)cncc3Cl)c(=O)c3cccnc32)CC1. The monoisotopic (exact) mass is 474 g/mol. The first-order valence-electron chi connectivity index (χ1n) is 10.2. The van der Waals surface area contributed by atoms with Crippen molar-refractivity contribution >= 4 is 51.8 Å². The minimum atomic E-state index is -0.795. The number of halogens is 2. The van der Waals surface area contributed by atoms with E-state index < -0.39 is 17.3 Å². The maximum Gasteiger partial charge on any atom is 0.303 e. The molecule has 1 saturated carbocycles. The Kier molecular flexibility index (Phi) is 6.43. The number of aromatic nitrogens is 3. The average molecular weight is 475 g/mol. The van der Waals surface area contributed by atoms with Crippen molar-refractivity contribution < 1.29 is 14.7 Å². The van der Waals surface area contributed by atoms with E-state index in [1.807, 2.05) is 4.57 Å². The Morgan fingerprint density at radius 3 is 2.50 bits per heavy atom. The van der Waals surface area contributed by atoms with Crippen molar-refractivity contribution in [1.82, 2.24) is 14.5 Å². The Bertz CT molecular complexity index is 1230. The molecule has 10 heteroatoms. The molecule has 3 aromatic rings. The van der Waals surface area contributed by atoms with Gasteiger partial charge in [-0.3, -0.25) is 19.4 Å². The van der Waals surface area contributed by atoms with E-state index in [9.17, 15) is 14.4 Å². The van der Waals surface area contributed by atoms with Crippen LogP contribution in [-0.4, -0.2) is 31.5 Å². The fraction of sp³-hybridized carbons (Fsp3) is 0.318. The number of hydrogen-bond acceptors (Lipinski definition) is 5. The molecule has 0 aliphatic heterocycles. The summed E-state index contributed by atoms with van der Waals surface area (Å²) in [5.74, 6) is -1.30. The molecule has 0 bridgehead atoms. The third-order valence-electron chi connectivity index (χ3n) is 5.80. The third-order valence-corrected chi connectivity index (χ3v) is 6.37. The maximum absolute atomic E-state index is 13.1. The van der Waals surface area contributed by atoms with Crippen LogP contribution in [-0.2, 0) is 4.79 Å². The summed E-state index contributed by atoms with van der Waals surface area (Å²) < 4.78 is 1.86. The van der Waals surface area contributed by atoms with Crippen LogP contribution >= 0.6 is 23.2 Å². The van der Waals surface area contributed by atoms with Gasteiger partial charge in [-0.25, -0.2) is 4.98 Å². The van der Waals surface area contributed by atoms with Crippen molar-refractivity contribution in [3.63, 3.8) is 0 Å². The molecule has 0 atom stereocenters. The molecule has 32 heavy (non-hydrogen) atoms. The Hall–Kier alpha value is -2.97. The summed E-state index contributed by atoms with van der Waals surface area (Å²) >= 11 is 12.2. The molecule has 1 aliphatic carbocycles. The molecule has 166 valence electrons. The van der Waals surface area contributed by atoms with Gasteiger partial charge in [-0.15, -0.1) is 0 Å². The van der Waals surface area contributed by atoms with Crippen molar-refractivity contribution in [1.29, 1.82) is 0 Å². The fourth-order valence-corrected chi connectivity index (χ4v) is 4.67. The zero-order chi connectivity index (χ0) is 22.8. The molecule has 2 N–H and O–H groups in total. The maximum atomic E-state index is 13.1. The molecule has 1 fully saturated rings. The number of carbonyl (C=O) groups excluding carboxylic acids is 1. The Morgan fingerprint density at radius 2 is 1.84 bits per heavy atom. The molecule has 0 saturated heterocycles. The quantitative estimate of drug-likeness (QED) is 0.560. The van der Waals surface area contributed by atoms with E-state index in [1.54, 1.807) is 18.3 Å². The summed E-state index contributed by atoms with van der Waals surface area (Å²) in [4.78, 5) is 45.4. The number of carboxylic acid groups (broad SMARTS) is 1. The number of nitrogens with zero attached hydrogens (tertiary/aromatic N) is 3. The number of aliphatic carboxylic acids is 1. The van der Waals surface area contributed by atoms with Crippen molar-refractivity contribution in [2.24, 2.45) is 5.92 Å². The smallest absolute Gasteiger partial charge is 0.303 e. The van der Waals surface area contributed by atoms with Gasteiger partial charge in [0.25, 0.3) is 5.91 Å². The number of rotatable bonds is 5. The van der Waals surface area contributed by atoms with Gasteiger partial charge in [0.05, 0.1) is 21.1 Å². The van der Waals surface area contributed by atoms with Gasteiger partial charge in [0.1, 0.15) is 11.2 Å². The Labute approximate surface area is 193 Å². The van der Waals surface area contributed by atoms with Gasteiger partial charge in [0, 0.05) is 37.3 Å². The lowest BCUT2D eigenvalue weighted by Gasteiger charge is -2.30. The Balaban J connectivity index is 1.70. The molecule has 3 aromatic heterocycles. The molecule has 3 heterocycles. The largest absolute Gasteiger partial charge is 0.481 e. The summed E-state index contributed by atoms with van der Waals surface area (Å²) in [7, 11) is 0. The van der Waals surface area contributed by atoms with Crippen LogP contribution in [0.2, 0.25) is 10.0 Å². The van der Waals surface area contributed by atoms with Gasteiger partial charge in [0.15, 0.2) is 0 Å². The molecular weight excluding hydrogens is 455 g/mol. The number of fused-ring (bicyclic) bond motifs is 1. The Morgan fingerprint density at radius 1 is 1.16 bits per heavy atom. The number of carbonyl (C=O) groups is 2. The van der Waals surface area contributed by atoms with Crippen molar-refractivity contribution in [3.8, 4) is 0 Å². The van der Waals surface area contributed by atoms with E-state index in [4.69, 9.17) is 28.3 Å². The summed E-state index contributed by atoms with van der Waals surface area (Å²) in [6.45, 7) is 0. The highest BCUT2D eigenvalue weighted by atomic mass is 35.5. The molecule has 1 amide bonds. The van der Waals surface area contributed by atoms with Crippen molar-refractivity contribution in [2.45, 2.75) is 38.1 Å². The number of nitrogens with one attached hydrogen (secondary N) is 1. The zero-order valence-corrected chi connectivity index (χ0v) is 18.4. The highest BCUT2D eigenvalue weighted by molar-refractivity contribution is 6.39. The summed E-state index contributed by atoms with van der Waals surface area (Å²) in [6.07, 6.45) is 8.94. The van der Waals surface area contributed by atoms with Crippen LogP contribution in [0, 0.1) is 5.92 Å². The van der Waals surface area contributed by atoms with Gasteiger partial charge in [-0.2, -0.15) is 0 Å². The van der Waals surface area contributed by atoms with Crippen LogP contribution in [0.15, 0.2) is 41.7 Å². The molecule has 4 rings (SSSR count). The topological polar surface area (TPSA) is 114 Å². The van der Waals surface area contributed by atoms with Crippen LogP contribution < -0.4 is 10.7 Å². The van der Waals surface area contributed by atoms with Gasteiger partial charge < -0.3 is 15.0 Å². The molecule has 0 spiro atoms. The van der Waals surface area contributed by atoms with Crippen LogP contribution in [0.3, 0.4) is 0 Å². The van der Waals surface area contributed by atoms with E-state index in [-0.39, 0.29) is 39.7 Å². The molecule has 0 radical (unpaired) electrons. The highest BCUT2D eigenvalue weighted by Gasteiger charge is 2.27. The lowest BCUT2D eigenvalue weighted by Crippen LogP contribution is -2.27. The lowest BCUT2D eigenvalue weighted by molar-refractivity contribution is -0.138. The number of hydrogen-bond donors (Lipinski definition) is 2. The lowest BCUT2D eigenvalue weighted by atomic mass is 9.84. The van der Waals surface area contributed by atoms with Crippen molar-refractivity contribution in [2.75, 3.05) is 5.32 Å². The molecule has 0 aromatic carbocycles. The standard InChI is InChI=1S/C22H20Cl2N4O4/c23-16-9-25-10-17(24)19(16)27-22(32)15-11-28(21-14(20(15)31)2-1-7-26-21)13-5-3-12(4-6-13)8-18(29)30/h1-2,7,9-13H,3-6,8H2,(H,29,30)(H,25,27,32)/t12-,13+. The fourth-order valence-electron chi connectivity index (χ4n) is 4.21. The van der Waals surface area contributed by atoms with E-state index >= 15 is 0 Å². The number of amides is 1. The molecular formula is C22H20Cl2N4O4. The average Bonchev–Trinajstić information content (AvgIpc) is 2.77. The second-order valence-electron chi connectivity index (χ2n) is 7.86. The van der Waals surface area contributed by atoms with Crippen LogP contribution in [0.4, 0.5) is 5.69 Å². The number of carboxylic acids is 1. The predicted octanol–water partition coefficient (Wildman–Crippen LogP) is 4.56. The first-order valence-corrected chi connectivity index (χ1v) is 10.9. The summed E-state index contributed by atoms with van der Waals surface area (Å²) in [6, 6.07) is 3.29. The van der Waals surface area contributed by atoms with Gasteiger partial charge in [-0.1, -0.05) is 23.2 Å². The first-order chi connectivity index (χ1) is 15.3.